The maximum Gasteiger partial charge on any atom is 0.135 e. The minimum absolute atomic E-state index is 0.873. The highest BCUT2D eigenvalue weighted by Gasteiger charge is 2.00. The fraction of sp³-hybridized carbons (Fsp3) is 0. The SMILES string of the molecule is Sc1cc2occc2cc1Br. The molecule has 1 nitrogen and oxygen atoms in total. The summed E-state index contributed by atoms with van der Waals surface area (Å²) in [6, 6.07) is 5.80. The number of hydrogen-bond acceptors (Lipinski definition) is 2. The topological polar surface area (TPSA) is 13.1 Å². The van der Waals surface area contributed by atoms with Crippen molar-refractivity contribution in [2.75, 3.05) is 0 Å². The van der Waals surface area contributed by atoms with Crippen molar-refractivity contribution in [1.82, 2.24) is 0 Å². The third kappa shape index (κ3) is 1.19. The van der Waals surface area contributed by atoms with Crippen molar-refractivity contribution in [3.8, 4) is 0 Å². The lowest BCUT2D eigenvalue weighted by Crippen LogP contribution is -1.69. The lowest BCUT2D eigenvalue weighted by Gasteiger charge is -1.94. The second-order valence-corrected chi connectivity index (χ2v) is 3.60. The summed E-state index contributed by atoms with van der Waals surface area (Å²) in [7, 11) is 0. The molecule has 0 atom stereocenters. The third-order valence-electron chi connectivity index (χ3n) is 1.52. The van der Waals surface area contributed by atoms with Gasteiger partial charge in [-0.1, -0.05) is 0 Å². The Morgan fingerprint density at radius 1 is 1.36 bits per heavy atom. The number of rotatable bonds is 0. The van der Waals surface area contributed by atoms with Gasteiger partial charge in [-0.2, -0.15) is 0 Å². The van der Waals surface area contributed by atoms with Crippen LogP contribution >= 0.6 is 28.6 Å². The molecule has 0 bridgehead atoms. The minimum Gasteiger partial charge on any atom is -0.464 e. The molecule has 2 rings (SSSR count). The zero-order valence-electron chi connectivity index (χ0n) is 5.54. The molecular formula is C8H5BrOS. The lowest BCUT2D eigenvalue weighted by molar-refractivity contribution is 0.615. The molecule has 0 aliphatic carbocycles. The summed E-state index contributed by atoms with van der Waals surface area (Å²) in [4.78, 5) is 0.896. The fourth-order valence-electron chi connectivity index (χ4n) is 0.971. The summed E-state index contributed by atoms with van der Waals surface area (Å²) in [5.74, 6) is 0. The highest BCUT2D eigenvalue weighted by molar-refractivity contribution is 9.10. The van der Waals surface area contributed by atoms with Crippen molar-refractivity contribution in [1.29, 1.82) is 0 Å². The highest BCUT2D eigenvalue weighted by atomic mass is 79.9. The van der Waals surface area contributed by atoms with Crippen LogP contribution in [0.3, 0.4) is 0 Å². The van der Waals surface area contributed by atoms with E-state index in [1.54, 1.807) is 6.26 Å². The summed E-state index contributed by atoms with van der Waals surface area (Å²) in [5.41, 5.74) is 0.873. The lowest BCUT2D eigenvalue weighted by atomic mass is 10.3. The largest absolute Gasteiger partial charge is 0.464 e. The van der Waals surface area contributed by atoms with Gasteiger partial charge in [0.05, 0.1) is 6.26 Å². The highest BCUT2D eigenvalue weighted by Crippen LogP contribution is 2.27. The van der Waals surface area contributed by atoms with Crippen molar-refractivity contribution in [3.05, 3.63) is 28.9 Å². The molecule has 3 heteroatoms. The molecule has 0 spiro atoms. The zero-order chi connectivity index (χ0) is 7.84. The van der Waals surface area contributed by atoms with E-state index in [2.05, 4.69) is 28.6 Å². The monoisotopic (exact) mass is 228 g/mol. The van der Waals surface area contributed by atoms with E-state index in [0.717, 1.165) is 20.3 Å². The smallest absolute Gasteiger partial charge is 0.135 e. The minimum atomic E-state index is 0.873. The Balaban J connectivity index is 2.86. The van der Waals surface area contributed by atoms with Crippen molar-refractivity contribution < 1.29 is 4.42 Å². The van der Waals surface area contributed by atoms with E-state index in [0.29, 0.717) is 0 Å². The molecule has 1 heterocycles. The van der Waals surface area contributed by atoms with Crippen LogP contribution in [-0.4, -0.2) is 0 Å². The fourth-order valence-corrected chi connectivity index (χ4v) is 1.51. The van der Waals surface area contributed by atoms with Crippen LogP contribution < -0.4 is 0 Å². The second kappa shape index (κ2) is 2.57. The van der Waals surface area contributed by atoms with Crippen LogP contribution in [0, 0.1) is 0 Å². The zero-order valence-corrected chi connectivity index (χ0v) is 8.02. The van der Waals surface area contributed by atoms with Gasteiger partial charge in [0.15, 0.2) is 0 Å². The quantitative estimate of drug-likeness (QED) is 0.682. The molecule has 1 aromatic heterocycles. The average Bonchev–Trinajstić information content (AvgIpc) is 2.36. The van der Waals surface area contributed by atoms with Gasteiger partial charge in [-0.25, -0.2) is 0 Å². The summed E-state index contributed by atoms with van der Waals surface area (Å²) < 4.78 is 6.18. The summed E-state index contributed by atoms with van der Waals surface area (Å²) in [6.07, 6.45) is 1.67. The molecule has 2 aromatic rings. The molecule has 0 fully saturated rings. The summed E-state index contributed by atoms with van der Waals surface area (Å²) in [6.45, 7) is 0. The van der Waals surface area contributed by atoms with Gasteiger partial charge >= 0.3 is 0 Å². The molecule has 56 valence electrons. The molecule has 0 aliphatic rings. The number of fused-ring (bicyclic) bond motifs is 1. The van der Waals surface area contributed by atoms with Crippen LogP contribution in [0.4, 0.5) is 0 Å². The second-order valence-electron chi connectivity index (χ2n) is 2.26. The Kier molecular flexibility index (Phi) is 1.69. The molecule has 0 saturated heterocycles. The number of furan rings is 1. The normalized spacial score (nSPS) is 10.7. The average molecular weight is 229 g/mol. The van der Waals surface area contributed by atoms with Crippen molar-refractivity contribution >= 4 is 39.5 Å². The first-order chi connectivity index (χ1) is 5.27. The van der Waals surface area contributed by atoms with Gasteiger partial charge in [-0.15, -0.1) is 12.6 Å². The summed E-state index contributed by atoms with van der Waals surface area (Å²) >= 11 is 7.62. The first kappa shape index (κ1) is 7.25. The Morgan fingerprint density at radius 3 is 3.00 bits per heavy atom. The third-order valence-corrected chi connectivity index (χ3v) is 2.85. The van der Waals surface area contributed by atoms with Crippen LogP contribution in [0.2, 0.25) is 0 Å². The van der Waals surface area contributed by atoms with E-state index in [1.807, 2.05) is 18.2 Å². The molecule has 0 unspecified atom stereocenters. The van der Waals surface area contributed by atoms with Crippen molar-refractivity contribution in [3.63, 3.8) is 0 Å². The molecule has 0 saturated carbocycles. The molecule has 0 N–H and O–H groups in total. The van der Waals surface area contributed by atoms with Crippen LogP contribution in [0.1, 0.15) is 0 Å². The van der Waals surface area contributed by atoms with E-state index in [9.17, 15) is 0 Å². The van der Waals surface area contributed by atoms with Crippen LogP contribution in [0.15, 0.2) is 38.2 Å². The molecule has 0 radical (unpaired) electrons. The Bertz CT molecular complexity index is 358. The summed E-state index contributed by atoms with van der Waals surface area (Å²) in [5, 5.41) is 1.09. The number of hydrogen-bond donors (Lipinski definition) is 1. The molecular weight excluding hydrogens is 224 g/mol. The van der Waals surface area contributed by atoms with Crippen LogP contribution in [0.5, 0.6) is 0 Å². The Hall–Kier alpha value is -0.410. The van der Waals surface area contributed by atoms with Crippen LogP contribution in [-0.2, 0) is 0 Å². The van der Waals surface area contributed by atoms with Gasteiger partial charge in [-0.05, 0) is 34.1 Å². The molecule has 11 heavy (non-hydrogen) atoms. The van der Waals surface area contributed by atoms with E-state index < -0.39 is 0 Å². The van der Waals surface area contributed by atoms with Gasteiger partial charge in [-0.3, -0.25) is 0 Å². The first-order valence-electron chi connectivity index (χ1n) is 3.13. The Labute approximate surface area is 77.9 Å². The van der Waals surface area contributed by atoms with E-state index in [1.165, 1.54) is 0 Å². The maximum atomic E-state index is 5.18. The predicted octanol–water partition coefficient (Wildman–Crippen LogP) is 3.48. The van der Waals surface area contributed by atoms with E-state index >= 15 is 0 Å². The molecule has 1 aromatic carbocycles. The van der Waals surface area contributed by atoms with Gasteiger partial charge in [0.2, 0.25) is 0 Å². The maximum absolute atomic E-state index is 5.18. The number of thiol groups is 1. The van der Waals surface area contributed by atoms with E-state index in [4.69, 9.17) is 4.42 Å². The predicted molar refractivity (Wildman–Crippen MR) is 51.2 cm³/mol. The van der Waals surface area contributed by atoms with Gasteiger partial charge in [0, 0.05) is 14.8 Å². The molecule has 0 aliphatic heterocycles. The first-order valence-corrected chi connectivity index (χ1v) is 4.37. The molecule has 0 amide bonds. The van der Waals surface area contributed by atoms with Crippen molar-refractivity contribution in [2.45, 2.75) is 4.90 Å². The van der Waals surface area contributed by atoms with Gasteiger partial charge in [0.1, 0.15) is 5.58 Å². The van der Waals surface area contributed by atoms with Gasteiger partial charge < -0.3 is 4.42 Å². The van der Waals surface area contributed by atoms with Gasteiger partial charge in [0.25, 0.3) is 0 Å². The van der Waals surface area contributed by atoms with E-state index in [-0.39, 0.29) is 0 Å². The Morgan fingerprint density at radius 2 is 2.18 bits per heavy atom. The number of benzene rings is 1. The van der Waals surface area contributed by atoms with Crippen LogP contribution in [0.25, 0.3) is 11.0 Å². The standard InChI is InChI=1S/C8H5BrOS/c9-6-3-5-1-2-10-7(5)4-8(6)11/h1-4,11H. The number of halogens is 1. The van der Waals surface area contributed by atoms with Crippen molar-refractivity contribution in [2.24, 2.45) is 0 Å².